The summed E-state index contributed by atoms with van der Waals surface area (Å²) in [7, 11) is 0. The number of aromatic nitrogens is 1. The summed E-state index contributed by atoms with van der Waals surface area (Å²) in [6, 6.07) is 83.7. The van der Waals surface area contributed by atoms with Gasteiger partial charge in [0.15, 0.2) is 29.4 Å². The molecule has 700 valence electrons. The molecule has 1 fully saturated rings. The average Bonchev–Trinajstić information content (AvgIpc) is 1.73. The first-order valence-corrected chi connectivity index (χ1v) is 49.9. The number of hydrogen-bond donors (Lipinski definition) is 5. The second-order valence-corrected chi connectivity index (χ2v) is 42.9. The van der Waals surface area contributed by atoms with Gasteiger partial charge < -0.3 is 28.3 Å². The minimum absolute atomic E-state index is 0.0249. The number of thiophene rings is 3. The largest absolute Gasteiger partial charge is 0.369 e. The molecule has 1 aliphatic carbocycles. The van der Waals surface area contributed by atoms with Crippen LogP contribution in [0.1, 0.15) is 228 Å². The molecule has 18 rings (SSSR count). The zero-order valence-electron chi connectivity index (χ0n) is 80.1. The van der Waals surface area contributed by atoms with Crippen LogP contribution in [0, 0.1) is 28.6 Å². The smallest absolute Gasteiger partial charge is 0.266 e. The van der Waals surface area contributed by atoms with Crippen LogP contribution in [0.4, 0.5) is 5.69 Å². The Hall–Kier alpha value is -13.8. The molecule has 0 radical (unpaired) electrons. The molecule has 25 heteroatoms. The molecule has 4 aromatic heterocycles. The van der Waals surface area contributed by atoms with Crippen LogP contribution in [-0.2, 0) is 75.5 Å². The quantitative estimate of drug-likeness (QED) is 0.0504. The third-order valence-electron chi connectivity index (χ3n) is 26.7. The molecule has 1 saturated carbocycles. The number of rotatable bonds is 19. The van der Waals surface area contributed by atoms with Gasteiger partial charge in [-0.25, -0.2) is 25.0 Å². The average molecular weight is 1900 g/mol. The molecule has 0 bridgehead atoms. The number of anilines is 1. The number of aliphatic imine (C=N–C) groups is 4. The number of nitrogens with one attached hydrogen (secondary N) is 1. The predicted molar refractivity (Wildman–Crippen MR) is 556 cm³/mol. The third-order valence-corrected chi connectivity index (χ3v) is 30.7. The van der Waals surface area contributed by atoms with Crippen molar-refractivity contribution in [2.75, 3.05) is 18.4 Å². The molecule has 0 unspecified atom stereocenters. The summed E-state index contributed by atoms with van der Waals surface area (Å²) in [6.45, 7) is 31.0. The van der Waals surface area contributed by atoms with E-state index in [9.17, 15) is 34.5 Å². The number of thiazole rings is 1. The molecule has 21 nitrogen and oxygen atoms in total. The number of nitrogens with two attached hydrogens (primary N) is 4. The molecule has 137 heavy (non-hydrogen) atoms. The van der Waals surface area contributed by atoms with E-state index in [1.165, 1.54) is 50.5 Å². The Bertz CT molecular complexity index is 6580. The predicted octanol–water partition coefficient (Wildman–Crippen LogP) is 22.3. The number of carbonyl (C=O) groups is 5. The molecule has 5 amide bonds. The summed E-state index contributed by atoms with van der Waals surface area (Å²) >= 11 is 6.34. The van der Waals surface area contributed by atoms with Gasteiger partial charge in [0.2, 0.25) is 23.6 Å². The van der Waals surface area contributed by atoms with Crippen molar-refractivity contribution in [3.8, 4) is 34.4 Å². The Labute approximate surface area is 819 Å². The summed E-state index contributed by atoms with van der Waals surface area (Å²) in [5, 5.41) is 31.6. The maximum Gasteiger partial charge on any atom is 0.266 e. The van der Waals surface area contributed by atoms with Gasteiger partial charge in [-0.15, -0.1) is 45.3 Å². The maximum atomic E-state index is 14.1. The molecular formula is C112H118N16O5S4. The first-order chi connectivity index (χ1) is 65.4. The van der Waals surface area contributed by atoms with Crippen molar-refractivity contribution < 1.29 is 24.0 Å². The lowest BCUT2D eigenvalue weighted by Crippen LogP contribution is -2.53. The number of carbonyl (C=O) groups excluding carboxylic acids is 5. The highest BCUT2D eigenvalue weighted by atomic mass is 32.1. The molecule has 4 aliphatic heterocycles. The zero-order valence-corrected chi connectivity index (χ0v) is 83.3. The van der Waals surface area contributed by atoms with E-state index in [0.717, 1.165) is 99.9 Å². The number of nitrogens with zero attached hydrogens (tertiary/aromatic N) is 11. The van der Waals surface area contributed by atoms with Gasteiger partial charge in [-0.2, -0.15) is 10.5 Å². The highest BCUT2D eigenvalue weighted by Gasteiger charge is 2.54. The fourth-order valence-electron chi connectivity index (χ4n) is 19.0. The van der Waals surface area contributed by atoms with Crippen molar-refractivity contribution in [1.82, 2.24) is 24.6 Å². The zero-order chi connectivity index (χ0) is 97.7. The highest BCUT2D eigenvalue weighted by Crippen LogP contribution is 2.52. The van der Waals surface area contributed by atoms with Crippen molar-refractivity contribution in [3.63, 3.8) is 0 Å². The maximum absolute atomic E-state index is 14.1. The summed E-state index contributed by atoms with van der Waals surface area (Å²) in [6.07, 6.45) is 7.00. The molecule has 5 aliphatic rings. The van der Waals surface area contributed by atoms with Crippen LogP contribution < -0.4 is 28.3 Å². The second kappa shape index (κ2) is 40.2. The molecule has 6 atom stereocenters. The Kier molecular flexibility index (Phi) is 28.7. The van der Waals surface area contributed by atoms with Crippen molar-refractivity contribution in [2.24, 2.45) is 48.8 Å². The van der Waals surface area contributed by atoms with Gasteiger partial charge in [0.05, 0.1) is 54.1 Å². The molecule has 0 spiro atoms. The third kappa shape index (κ3) is 20.5. The molecule has 9 N–H and O–H groups in total. The van der Waals surface area contributed by atoms with E-state index in [2.05, 4.69) is 210 Å². The Balaban J connectivity index is 0.000000139. The Morgan fingerprint density at radius 3 is 1.34 bits per heavy atom. The van der Waals surface area contributed by atoms with Gasteiger partial charge in [-0.1, -0.05) is 251 Å². The number of likely N-dealkylation sites (N-methyl/N-ethyl adjacent to an activating group) is 2. The monoisotopic (exact) mass is 1890 g/mol. The van der Waals surface area contributed by atoms with Crippen LogP contribution in [0.15, 0.2) is 290 Å². The van der Waals surface area contributed by atoms with Crippen LogP contribution in [0.5, 0.6) is 0 Å². The van der Waals surface area contributed by atoms with Gasteiger partial charge in [0.25, 0.3) is 5.91 Å². The van der Waals surface area contributed by atoms with Crippen molar-refractivity contribution in [3.05, 3.63) is 352 Å². The lowest BCUT2D eigenvalue weighted by atomic mass is 9.73. The molecular weight excluding hydrogens is 1780 g/mol. The first-order valence-electron chi connectivity index (χ1n) is 46.4. The number of nitriles is 2. The first kappa shape index (κ1) is 97.7. The molecule has 13 aromatic rings. The Morgan fingerprint density at radius 1 is 0.445 bits per heavy atom. The van der Waals surface area contributed by atoms with E-state index >= 15 is 0 Å². The second-order valence-electron chi connectivity index (χ2n) is 39.1. The van der Waals surface area contributed by atoms with Gasteiger partial charge in [-0.05, 0) is 236 Å². The van der Waals surface area contributed by atoms with E-state index in [1.54, 1.807) is 67.0 Å². The fourth-order valence-corrected chi connectivity index (χ4v) is 22.5. The summed E-state index contributed by atoms with van der Waals surface area (Å²) in [4.78, 5) is 100. The van der Waals surface area contributed by atoms with Crippen LogP contribution in [0.3, 0.4) is 0 Å². The number of hydrogen-bond acceptors (Lipinski definition) is 20. The van der Waals surface area contributed by atoms with E-state index in [0.29, 0.717) is 43.1 Å². The van der Waals surface area contributed by atoms with E-state index in [4.69, 9.17) is 42.9 Å². The normalized spacial score (nSPS) is 20.0. The lowest BCUT2D eigenvalue weighted by Gasteiger charge is -2.42. The number of guanidine groups is 4. The van der Waals surface area contributed by atoms with E-state index in [-0.39, 0.29) is 76.2 Å². The number of fused-ring (bicyclic) bond motifs is 1. The van der Waals surface area contributed by atoms with E-state index in [1.807, 2.05) is 161 Å². The summed E-state index contributed by atoms with van der Waals surface area (Å²) in [5.74, 6) is -0.388. The van der Waals surface area contributed by atoms with Crippen LogP contribution in [0.25, 0.3) is 32.3 Å². The Morgan fingerprint density at radius 2 is 0.891 bits per heavy atom. The lowest BCUT2D eigenvalue weighted by molar-refractivity contribution is -0.132. The molecule has 0 saturated heterocycles. The minimum atomic E-state index is -1.22. The molecule has 8 heterocycles. The summed E-state index contributed by atoms with van der Waals surface area (Å²) in [5.41, 5.74) is 37.5. The van der Waals surface area contributed by atoms with Crippen molar-refractivity contribution >= 4 is 114 Å². The van der Waals surface area contributed by atoms with Crippen LogP contribution in [-0.4, -0.2) is 91.0 Å². The van der Waals surface area contributed by atoms with E-state index < -0.39 is 39.9 Å². The van der Waals surface area contributed by atoms with Gasteiger partial charge in [-0.3, -0.25) is 43.6 Å². The van der Waals surface area contributed by atoms with Gasteiger partial charge in [0, 0.05) is 51.2 Å². The van der Waals surface area contributed by atoms with Crippen molar-refractivity contribution in [1.29, 1.82) is 10.5 Å². The minimum Gasteiger partial charge on any atom is -0.369 e. The van der Waals surface area contributed by atoms with Gasteiger partial charge in [0.1, 0.15) is 21.6 Å². The number of amides is 5. The van der Waals surface area contributed by atoms with Crippen molar-refractivity contribution in [2.45, 2.75) is 198 Å². The number of benzene rings is 9. The highest BCUT2D eigenvalue weighted by molar-refractivity contribution is 7.17. The summed E-state index contributed by atoms with van der Waals surface area (Å²) < 4.78 is 1.21. The van der Waals surface area contributed by atoms with Crippen LogP contribution >= 0.6 is 45.3 Å². The molecule has 9 aromatic carbocycles. The topological polar surface area (TPSA) is 324 Å². The SMILES string of the molecule is CC(C)(C)c1ccc([C@@H]2C(=O)N(Cc3nccs3)C(N)=N[C@]2(C)c2ccc3sccc3c2)cc1.CCN1C(=O)[C@@H](c2ccc(C(C)(C)C)cc2)[C@@](C)(c2cc(-c3cccc(C#N)c3)cs2)N=C1N.CCN1C(=O)[C@H](c2ccc(C(C)(C)C)cc2)[C@@](C)(c2cc(-c3cccc(C#N)c3)cs2)N=C1N.NC1=NC(c2ccccc2)(c2ccccc2)C(=O)N1Cc1cccc(NC(=O)CC2CCCC2)c1. The standard InChI is InChI=1S/C29H30N4O2.2C28H30N4OS.C27H28N4OS2/c30-28-32-29(23-13-3-1-4-14-23,24-15-5-2-6-16-24)27(35)33(28)20-22-12-9-17-25(18-22)31-26(34)19-21-10-7-8-11-21;2*1-6-32-25(33)24(19-10-12-22(13-11-19)27(2,3)4)28(5,31-26(32)30)23-15-21(17-34-23)20-9-7-8-18(14-20)16-29;1-26(2,3)19-7-5-17(6-8-19)23-24(32)31(16-22-29-12-14-34-22)25(28)30-27(23,4)20-9-10-21-18(15-20)11-13-33-21/h1-6,9,12-18,21H,7-8,10-11,19-20H2,(H2,30,32)(H,31,34);2*7-15,17,24H,6H2,1-5H3,(H2,30,31);5-15,23H,16H2,1-4H3,(H2,28,30)/t;24-,28+;24-,28-;23-,27-/m.011/s1. The van der Waals surface area contributed by atoms with Crippen LogP contribution in [0.2, 0.25) is 0 Å². The van der Waals surface area contributed by atoms with Gasteiger partial charge >= 0.3 is 0 Å². The fraction of sp³-hybridized carbons (Fsp3) is 0.304.